The van der Waals surface area contributed by atoms with E-state index in [1.54, 1.807) is 7.11 Å². The minimum absolute atomic E-state index is 0.231. The van der Waals surface area contributed by atoms with Gasteiger partial charge in [0.15, 0.2) is 8.32 Å². The van der Waals surface area contributed by atoms with Crippen LogP contribution >= 0.6 is 0 Å². The van der Waals surface area contributed by atoms with Crippen LogP contribution in [0.1, 0.15) is 54.0 Å². The molecule has 0 aliphatic heterocycles. The lowest BCUT2D eigenvalue weighted by atomic mass is 10.1. The highest BCUT2D eigenvalue weighted by Gasteiger charge is 2.46. The Morgan fingerprint density at radius 1 is 0.966 bits per heavy atom. The summed E-state index contributed by atoms with van der Waals surface area (Å²) in [5.74, 6) is 0. The van der Waals surface area contributed by atoms with Crippen molar-refractivity contribution >= 4 is 8.32 Å². The lowest BCUT2D eigenvalue weighted by Crippen LogP contribution is -2.51. The van der Waals surface area contributed by atoms with Crippen LogP contribution in [0.15, 0.2) is 42.5 Å². The smallest absolute Gasteiger partial charge is 0.200 e. The van der Waals surface area contributed by atoms with Crippen LogP contribution in [0.4, 0.5) is 0 Å². The molecule has 1 atom stereocenters. The maximum Gasteiger partial charge on any atom is 0.200 e. The second kappa shape index (κ2) is 12.7. The zero-order valence-electron chi connectivity index (χ0n) is 19.7. The molecule has 0 bridgehead atoms. The first-order valence-corrected chi connectivity index (χ1v) is 12.9. The monoisotopic (exact) mass is 422 g/mol. The first-order valence-electron chi connectivity index (χ1n) is 10.7. The van der Waals surface area contributed by atoms with Gasteiger partial charge in [-0.3, -0.25) is 0 Å². The molecule has 0 amide bonds. The van der Waals surface area contributed by atoms with Crippen molar-refractivity contribution in [1.82, 2.24) is 0 Å². The molecule has 0 spiro atoms. The van der Waals surface area contributed by atoms with Gasteiger partial charge in [-0.15, -0.1) is 0 Å². The van der Waals surface area contributed by atoms with E-state index in [0.717, 1.165) is 0 Å². The van der Waals surface area contributed by atoms with E-state index in [-0.39, 0.29) is 6.79 Å². The van der Waals surface area contributed by atoms with Crippen molar-refractivity contribution in [3.8, 4) is 0 Å². The SMILES string of the molecule is COCO[C@](C)(/C=C/COCc1ccccc1)CO[Si](C(C)C)(C(C)C)C(C)C. The molecule has 1 aromatic rings. The summed E-state index contributed by atoms with van der Waals surface area (Å²) in [6.07, 6.45) is 4.07. The molecule has 0 aliphatic carbocycles. The maximum atomic E-state index is 6.77. The van der Waals surface area contributed by atoms with E-state index in [0.29, 0.717) is 36.4 Å². The quantitative estimate of drug-likeness (QED) is 0.152. The topological polar surface area (TPSA) is 36.9 Å². The van der Waals surface area contributed by atoms with Gasteiger partial charge in [0.05, 0.1) is 19.8 Å². The molecule has 0 heterocycles. The highest BCUT2D eigenvalue weighted by Crippen LogP contribution is 2.42. The Morgan fingerprint density at radius 3 is 2.07 bits per heavy atom. The van der Waals surface area contributed by atoms with Crippen molar-refractivity contribution < 1.29 is 18.6 Å². The average Bonchev–Trinajstić information content (AvgIpc) is 2.66. The van der Waals surface area contributed by atoms with Crippen LogP contribution < -0.4 is 0 Å². The van der Waals surface area contributed by atoms with Crippen molar-refractivity contribution in [3.63, 3.8) is 0 Å². The predicted octanol–water partition coefficient (Wildman–Crippen LogP) is 6.33. The van der Waals surface area contributed by atoms with Crippen molar-refractivity contribution in [2.24, 2.45) is 0 Å². The number of hydrogen-bond acceptors (Lipinski definition) is 4. The summed E-state index contributed by atoms with van der Waals surface area (Å²) in [4.78, 5) is 0. The molecular weight excluding hydrogens is 380 g/mol. The Morgan fingerprint density at radius 2 is 1.55 bits per heavy atom. The minimum Gasteiger partial charge on any atom is -0.413 e. The van der Waals surface area contributed by atoms with Gasteiger partial charge in [0.25, 0.3) is 0 Å². The van der Waals surface area contributed by atoms with Gasteiger partial charge in [-0.1, -0.05) is 84.0 Å². The van der Waals surface area contributed by atoms with E-state index in [1.165, 1.54) is 5.56 Å². The van der Waals surface area contributed by atoms with Crippen LogP contribution in [-0.4, -0.2) is 41.0 Å². The number of rotatable bonds is 14. The second-order valence-corrected chi connectivity index (χ2v) is 14.3. The maximum absolute atomic E-state index is 6.77. The number of benzene rings is 1. The molecule has 5 heteroatoms. The van der Waals surface area contributed by atoms with E-state index in [2.05, 4.69) is 66.7 Å². The number of methoxy groups -OCH3 is 1. The summed E-state index contributed by atoms with van der Waals surface area (Å²) in [5.41, 5.74) is 2.22. The van der Waals surface area contributed by atoms with E-state index in [9.17, 15) is 0 Å². The molecule has 0 saturated heterocycles. The standard InChI is InChI=1S/C24H42O4Si/c1-20(2)29(21(3)4,22(5)6)28-18-24(7,27-19-25-8)15-12-16-26-17-23-13-10-9-11-14-23/h9-15,20-22H,16-19H2,1-8H3/b15-12+/t24-/m1/s1. The van der Waals surface area contributed by atoms with E-state index >= 15 is 0 Å². The molecule has 29 heavy (non-hydrogen) atoms. The Labute approximate surface area is 179 Å². The summed E-state index contributed by atoms with van der Waals surface area (Å²) < 4.78 is 23.7. The summed E-state index contributed by atoms with van der Waals surface area (Å²) in [5, 5.41) is 0. The zero-order valence-corrected chi connectivity index (χ0v) is 20.7. The summed E-state index contributed by atoms with van der Waals surface area (Å²) in [7, 11) is -0.319. The van der Waals surface area contributed by atoms with Crippen molar-refractivity contribution in [1.29, 1.82) is 0 Å². The van der Waals surface area contributed by atoms with Gasteiger partial charge < -0.3 is 18.6 Å². The van der Waals surface area contributed by atoms with Crippen LogP contribution in [0, 0.1) is 0 Å². The van der Waals surface area contributed by atoms with Gasteiger partial charge in [0.1, 0.15) is 12.4 Å². The van der Waals surface area contributed by atoms with Crippen molar-refractivity contribution in [3.05, 3.63) is 48.0 Å². The van der Waals surface area contributed by atoms with E-state index in [4.69, 9.17) is 18.6 Å². The Kier molecular flexibility index (Phi) is 11.4. The second-order valence-electron chi connectivity index (χ2n) is 8.87. The Balaban J connectivity index is 2.76. The molecule has 0 aromatic heterocycles. The fourth-order valence-corrected chi connectivity index (χ4v) is 9.75. The highest BCUT2D eigenvalue weighted by atomic mass is 28.4. The molecule has 0 unspecified atom stereocenters. The molecule has 1 aromatic carbocycles. The molecule has 0 N–H and O–H groups in total. The average molecular weight is 423 g/mol. The summed E-state index contributed by atoms with van der Waals surface area (Å²) >= 11 is 0. The lowest BCUT2D eigenvalue weighted by molar-refractivity contribution is -0.115. The summed E-state index contributed by atoms with van der Waals surface area (Å²) in [6, 6.07) is 10.2. The van der Waals surface area contributed by atoms with Gasteiger partial charge in [-0.05, 0) is 29.1 Å². The van der Waals surface area contributed by atoms with Gasteiger partial charge in [-0.25, -0.2) is 0 Å². The molecule has 0 fully saturated rings. The van der Waals surface area contributed by atoms with Crippen LogP contribution in [0.25, 0.3) is 0 Å². The van der Waals surface area contributed by atoms with Gasteiger partial charge in [0.2, 0.25) is 0 Å². The third-order valence-corrected chi connectivity index (χ3v) is 11.7. The molecule has 0 aliphatic rings. The third kappa shape index (κ3) is 7.98. The molecular formula is C24H42O4Si. The summed E-state index contributed by atoms with van der Waals surface area (Å²) in [6.45, 7) is 17.7. The van der Waals surface area contributed by atoms with E-state index < -0.39 is 13.9 Å². The Hall–Kier alpha value is -0.983. The van der Waals surface area contributed by atoms with Gasteiger partial charge >= 0.3 is 0 Å². The number of hydrogen-bond donors (Lipinski definition) is 0. The molecule has 0 saturated carbocycles. The minimum atomic E-state index is -1.96. The van der Waals surface area contributed by atoms with Crippen LogP contribution in [0.2, 0.25) is 16.6 Å². The fourth-order valence-electron chi connectivity index (χ4n) is 4.22. The Bertz CT molecular complexity index is 564. The molecule has 4 nitrogen and oxygen atoms in total. The van der Waals surface area contributed by atoms with Gasteiger partial charge in [-0.2, -0.15) is 0 Å². The van der Waals surface area contributed by atoms with Crippen molar-refractivity contribution in [2.75, 3.05) is 27.1 Å². The largest absolute Gasteiger partial charge is 0.413 e. The van der Waals surface area contributed by atoms with Crippen LogP contribution in [-0.2, 0) is 25.2 Å². The predicted molar refractivity (Wildman–Crippen MR) is 124 cm³/mol. The zero-order chi connectivity index (χ0) is 21.9. The first kappa shape index (κ1) is 26.1. The first-order chi connectivity index (χ1) is 13.7. The highest BCUT2D eigenvalue weighted by molar-refractivity contribution is 6.77. The number of ether oxygens (including phenoxy) is 3. The van der Waals surface area contributed by atoms with Crippen LogP contribution in [0.3, 0.4) is 0 Å². The van der Waals surface area contributed by atoms with E-state index in [1.807, 2.05) is 24.3 Å². The third-order valence-electron chi connectivity index (χ3n) is 5.62. The fraction of sp³-hybridized carbons (Fsp3) is 0.667. The molecule has 0 radical (unpaired) electrons. The van der Waals surface area contributed by atoms with Crippen LogP contribution in [0.5, 0.6) is 0 Å². The van der Waals surface area contributed by atoms with Crippen molar-refractivity contribution in [2.45, 2.75) is 77.3 Å². The molecule has 166 valence electrons. The van der Waals surface area contributed by atoms with Gasteiger partial charge in [0, 0.05) is 7.11 Å². The lowest BCUT2D eigenvalue weighted by Gasteiger charge is -2.44. The normalized spacial score (nSPS) is 15.0. The molecule has 1 rings (SSSR count).